The topological polar surface area (TPSA) is 12.0 Å². The summed E-state index contributed by atoms with van der Waals surface area (Å²) in [5, 5.41) is 3.44. The highest BCUT2D eigenvalue weighted by atomic mass is 79.9. The standard InChI is InChI=1S/C15H12BrClF3N/c1-2-21-15(9-4-3-8(16)5-11(9)17)10-6-13(19)14(20)7-12(10)18/h3-7,15,21H,2H2,1H3. The van der Waals surface area contributed by atoms with Crippen molar-refractivity contribution in [3.05, 3.63) is 68.4 Å². The largest absolute Gasteiger partial charge is 0.306 e. The second kappa shape index (κ2) is 6.81. The molecule has 1 atom stereocenters. The summed E-state index contributed by atoms with van der Waals surface area (Å²) in [5.41, 5.74) is 0.603. The van der Waals surface area contributed by atoms with E-state index < -0.39 is 23.5 Å². The first-order valence-electron chi connectivity index (χ1n) is 6.26. The average molecular weight is 379 g/mol. The molecule has 2 rings (SSSR count). The lowest BCUT2D eigenvalue weighted by Crippen LogP contribution is -2.23. The first-order chi connectivity index (χ1) is 9.93. The fraction of sp³-hybridized carbons (Fsp3) is 0.200. The summed E-state index contributed by atoms with van der Waals surface area (Å²) in [7, 11) is 0. The van der Waals surface area contributed by atoms with Crippen LogP contribution < -0.4 is 5.32 Å². The van der Waals surface area contributed by atoms with Crippen LogP contribution in [0.15, 0.2) is 34.8 Å². The number of rotatable bonds is 4. The van der Waals surface area contributed by atoms with Gasteiger partial charge in [0.25, 0.3) is 0 Å². The summed E-state index contributed by atoms with van der Waals surface area (Å²) in [6.07, 6.45) is 0. The van der Waals surface area contributed by atoms with Gasteiger partial charge in [-0.3, -0.25) is 0 Å². The van der Waals surface area contributed by atoms with Gasteiger partial charge in [0, 0.05) is 21.1 Å². The molecule has 0 heterocycles. The molecule has 0 aliphatic rings. The van der Waals surface area contributed by atoms with Crippen LogP contribution in [0.3, 0.4) is 0 Å². The van der Waals surface area contributed by atoms with Gasteiger partial charge in [-0.1, -0.05) is 40.5 Å². The summed E-state index contributed by atoms with van der Waals surface area (Å²) >= 11 is 9.46. The fourth-order valence-electron chi connectivity index (χ4n) is 2.09. The Bertz CT molecular complexity index is 664. The monoisotopic (exact) mass is 377 g/mol. The van der Waals surface area contributed by atoms with Crippen LogP contribution in [0.25, 0.3) is 0 Å². The number of hydrogen-bond acceptors (Lipinski definition) is 1. The number of hydrogen-bond donors (Lipinski definition) is 1. The van der Waals surface area contributed by atoms with Crippen molar-refractivity contribution >= 4 is 27.5 Å². The smallest absolute Gasteiger partial charge is 0.161 e. The van der Waals surface area contributed by atoms with Gasteiger partial charge >= 0.3 is 0 Å². The van der Waals surface area contributed by atoms with E-state index in [2.05, 4.69) is 21.2 Å². The van der Waals surface area contributed by atoms with Crippen LogP contribution in [0.2, 0.25) is 5.02 Å². The predicted molar refractivity (Wildman–Crippen MR) is 81.0 cm³/mol. The molecule has 0 aromatic heterocycles. The van der Waals surface area contributed by atoms with Crippen LogP contribution in [0.1, 0.15) is 24.1 Å². The van der Waals surface area contributed by atoms with Gasteiger partial charge in [-0.15, -0.1) is 0 Å². The van der Waals surface area contributed by atoms with E-state index in [4.69, 9.17) is 11.6 Å². The lowest BCUT2D eigenvalue weighted by atomic mass is 9.97. The van der Waals surface area contributed by atoms with Crippen LogP contribution >= 0.6 is 27.5 Å². The minimum absolute atomic E-state index is 0.0139. The maximum absolute atomic E-state index is 14.0. The normalized spacial score (nSPS) is 12.5. The van der Waals surface area contributed by atoms with E-state index in [9.17, 15) is 13.2 Å². The maximum atomic E-state index is 14.0. The maximum Gasteiger partial charge on any atom is 0.161 e. The minimum atomic E-state index is -1.21. The predicted octanol–water partition coefficient (Wildman–Crippen LogP) is 5.22. The van der Waals surface area contributed by atoms with E-state index in [0.717, 1.165) is 10.5 Å². The molecule has 0 fully saturated rings. The molecule has 1 unspecified atom stereocenters. The Hall–Kier alpha value is -1.04. The molecule has 0 bridgehead atoms. The van der Waals surface area contributed by atoms with Gasteiger partial charge in [0.1, 0.15) is 5.82 Å². The van der Waals surface area contributed by atoms with Crippen LogP contribution in [0, 0.1) is 17.5 Å². The average Bonchev–Trinajstić information content (AvgIpc) is 2.41. The highest BCUT2D eigenvalue weighted by Gasteiger charge is 2.22. The second-order valence-electron chi connectivity index (χ2n) is 4.44. The van der Waals surface area contributed by atoms with E-state index in [1.807, 2.05) is 6.92 Å². The van der Waals surface area contributed by atoms with E-state index in [0.29, 0.717) is 23.2 Å². The summed E-state index contributed by atoms with van der Waals surface area (Å²) in [6.45, 7) is 2.34. The van der Waals surface area contributed by atoms with Crippen molar-refractivity contribution in [1.29, 1.82) is 0 Å². The molecule has 2 aromatic carbocycles. The molecular weight excluding hydrogens is 367 g/mol. The third-order valence-corrected chi connectivity index (χ3v) is 3.85. The SMILES string of the molecule is CCNC(c1cc(F)c(F)cc1F)c1ccc(Br)cc1Cl. The summed E-state index contributed by atoms with van der Waals surface area (Å²) in [5.74, 6) is -3.13. The van der Waals surface area contributed by atoms with Crippen LogP contribution in [-0.4, -0.2) is 6.54 Å². The van der Waals surface area contributed by atoms with Gasteiger partial charge < -0.3 is 5.32 Å². The molecule has 2 aromatic rings. The zero-order valence-corrected chi connectivity index (χ0v) is 13.4. The van der Waals surface area contributed by atoms with E-state index in [1.54, 1.807) is 18.2 Å². The van der Waals surface area contributed by atoms with E-state index in [-0.39, 0.29) is 5.56 Å². The van der Waals surface area contributed by atoms with Crippen molar-refractivity contribution in [2.24, 2.45) is 0 Å². The first kappa shape index (κ1) is 16.3. The van der Waals surface area contributed by atoms with Crippen molar-refractivity contribution in [3.63, 3.8) is 0 Å². The van der Waals surface area contributed by atoms with Crippen molar-refractivity contribution in [2.75, 3.05) is 6.54 Å². The molecule has 0 saturated heterocycles. The lowest BCUT2D eigenvalue weighted by Gasteiger charge is -2.21. The molecule has 1 nitrogen and oxygen atoms in total. The third kappa shape index (κ3) is 3.59. The molecule has 112 valence electrons. The summed E-state index contributed by atoms with van der Waals surface area (Å²) in [6, 6.07) is 5.87. The lowest BCUT2D eigenvalue weighted by molar-refractivity contribution is 0.481. The van der Waals surface area contributed by atoms with E-state index >= 15 is 0 Å². The summed E-state index contributed by atoms with van der Waals surface area (Å²) < 4.78 is 41.3. The molecular formula is C15H12BrClF3N. The first-order valence-corrected chi connectivity index (χ1v) is 7.44. The zero-order valence-electron chi connectivity index (χ0n) is 11.1. The molecule has 0 aliphatic carbocycles. The Labute approximate surface area is 134 Å². The Morgan fingerprint density at radius 1 is 1.05 bits per heavy atom. The molecule has 1 N–H and O–H groups in total. The van der Waals surface area contributed by atoms with Gasteiger partial charge in [-0.2, -0.15) is 0 Å². The number of halogens is 5. The molecule has 0 spiro atoms. The van der Waals surface area contributed by atoms with Crippen molar-refractivity contribution in [3.8, 4) is 0 Å². The minimum Gasteiger partial charge on any atom is -0.306 e. The van der Waals surface area contributed by atoms with Crippen LogP contribution in [-0.2, 0) is 0 Å². The third-order valence-electron chi connectivity index (χ3n) is 3.03. The van der Waals surface area contributed by atoms with Crippen molar-refractivity contribution < 1.29 is 13.2 Å². The molecule has 6 heteroatoms. The molecule has 0 saturated carbocycles. The van der Waals surface area contributed by atoms with Crippen LogP contribution in [0.5, 0.6) is 0 Å². The molecule has 0 amide bonds. The molecule has 0 aliphatic heterocycles. The molecule has 21 heavy (non-hydrogen) atoms. The quantitative estimate of drug-likeness (QED) is 0.719. The highest BCUT2D eigenvalue weighted by Crippen LogP contribution is 2.32. The molecule has 0 radical (unpaired) electrons. The fourth-order valence-corrected chi connectivity index (χ4v) is 2.87. The Kier molecular flexibility index (Phi) is 5.30. The highest BCUT2D eigenvalue weighted by molar-refractivity contribution is 9.10. The van der Waals surface area contributed by atoms with Crippen molar-refractivity contribution in [1.82, 2.24) is 5.32 Å². The van der Waals surface area contributed by atoms with Gasteiger partial charge in [0.15, 0.2) is 11.6 Å². The Morgan fingerprint density at radius 3 is 2.33 bits per heavy atom. The van der Waals surface area contributed by atoms with Gasteiger partial charge in [-0.05, 0) is 30.3 Å². The van der Waals surface area contributed by atoms with Gasteiger partial charge in [0.05, 0.1) is 6.04 Å². The second-order valence-corrected chi connectivity index (χ2v) is 5.77. The Morgan fingerprint density at radius 2 is 1.71 bits per heavy atom. The number of benzene rings is 2. The Balaban J connectivity index is 2.55. The number of nitrogens with one attached hydrogen (secondary N) is 1. The van der Waals surface area contributed by atoms with Crippen molar-refractivity contribution in [2.45, 2.75) is 13.0 Å². The van der Waals surface area contributed by atoms with Gasteiger partial charge in [-0.25, -0.2) is 13.2 Å². The van der Waals surface area contributed by atoms with Crippen LogP contribution in [0.4, 0.5) is 13.2 Å². The zero-order chi connectivity index (χ0) is 15.6. The van der Waals surface area contributed by atoms with E-state index in [1.165, 1.54) is 0 Å². The summed E-state index contributed by atoms with van der Waals surface area (Å²) in [4.78, 5) is 0. The van der Waals surface area contributed by atoms with Gasteiger partial charge in [0.2, 0.25) is 0 Å².